The molecule has 0 unspecified atom stereocenters. The van der Waals surface area contributed by atoms with Crippen LogP contribution < -0.4 is 0 Å². The standard InChI is InChI=1S/C19H14N2O5S/c22-19-15(7-13-3-1-5-17(9-13)20(23)24)11-27-12-16(19)8-14-4-2-6-18(10-14)21(25)26/h1-10H,11-12H2/b15-7+,16-8+. The van der Waals surface area contributed by atoms with Gasteiger partial charge in [0.15, 0.2) is 5.78 Å². The minimum atomic E-state index is -0.479. The van der Waals surface area contributed by atoms with Crippen LogP contribution in [0.1, 0.15) is 11.1 Å². The third kappa shape index (κ3) is 4.48. The lowest BCUT2D eigenvalue weighted by atomic mass is 10.0. The number of ketones is 1. The number of nitro groups is 2. The molecular weight excluding hydrogens is 368 g/mol. The molecule has 1 fully saturated rings. The van der Waals surface area contributed by atoms with Gasteiger partial charge in [0.2, 0.25) is 0 Å². The first kappa shape index (κ1) is 18.5. The molecule has 0 N–H and O–H groups in total. The van der Waals surface area contributed by atoms with Crippen molar-refractivity contribution >= 4 is 41.1 Å². The normalized spacial score (nSPS) is 17.3. The lowest BCUT2D eigenvalue weighted by Gasteiger charge is -2.16. The molecule has 0 aliphatic carbocycles. The predicted octanol–water partition coefficient (Wildman–Crippen LogP) is 4.29. The minimum Gasteiger partial charge on any atom is -0.289 e. The van der Waals surface area contributed by atoms with Crippen molar-refractivity contribution in [1.29, 1.82) is 0 Å². The molecule has 0 spiro atoms. The average Bonchev–Trinajstić information content (AvgIpc) is 2.65. The van der Waals surface area contributed by atoms with Gasteiger partial charge in [0.05, 0.1) is 9.85 Å². The smallest absolute Gasteiger partial charge is 0.270 e. The zero-order chi connectivity index (χ0) is 19.4. The van der Waals surface area contributed by atoms with Gasteiger partial charge in [-0.1, -0.05) is 24.3 Å². The Balaban J connectivity index is 1.90. The van der Waals surface area contributed by atoms with Crippen molar-refractivity contribution in [3.05, 3.63) is 91.0 Å². The van der Waals surface area contributed by atoms with Gasteiger partial charge < -0.3 is 0 Å². The summed E-state index contributed by atoms with van der Waals surface area (Å²) in [5, 5.41) is 21.8. The lowest BCUT2D eigenvalue weighted by Crippen LogP contribution is -2.16. The number of hydrogen-bond acceptors (Lipinski definition) is 6. The van der Waals surface area contributed by atoms with Crippen molar-refractivity contribution in [2.24, 2.45) is 0 Å². The van der Waals surface area contributed by atoms with Crippen molar-refractivity contribution in [3.8, 4) is 0 Å². The molecule has 3 rings (SSSR count). The molecule has 0 aromatic heterocycles. The molecule has 0 bridgehead atoms. The Kier molecular flexibility index (Phi) is 5.46. The van der Waals surface area contributed by atoms with E-state index in [1.54, 1.807) is 48.2 Å². The largest absolute Gasteiger partial charge is 0.289 e. The van der Waals surface area contributed by atoms with Crippen LogP contribution in [0.5, 0.6) is 0 Å². The van der Waals surface area contributed by atoms with Gasteiger partial charge in [-0.3, -0.25) is 25.0 Å². The summed E-state index contributed by atoms with van der Waals surface area (Å²) in [6.45, 7) is 0. The first-order valence-electron chi connectivity index (χ1n) is 7.96. The van der Waals surface area contributed by atoms with Crippen LogP contribution in [0.3, 0.4) is 0 Å². The van der Waals surface area contributed by atoms with Gasteiger partial charge in [-0.25, -0.2) is 0 Å². The highest BCUT2D eigenvalue weighted by atomic mass is 32.2. The summed E-state index contributed by atoms with van der Waals surface area (Å²) in [6.07, 6.45) is 3.31. The second kappa shape index (κ2) is 7.96. The number of carbonyl (C=O) groups excluding carboxylic acids is 1. The summed E-state index contributed by atoms with van der Waals surface area (Å²) in [7, 11) is 0. The van der Waals surface area contributed by atoms with E-state index in [-0.39, 0.29) is 17.2 Å². The molecule has 0 atom stereocenters. The topological polar surface area (TPSA) is 103 Å². The van der Waals surface area contributed by atoms with Crippen molar-refractivity contribution in [3.63, 3.8) is 0 Å². The number of non-ortho nitro benzene ring substituents is 2. The number of hydrogen-bond donors (Lipinski definition) is 0. The molecule has 1 aliphatic heterocycles. The molecule has 2 aromatic carbocycles. The van der Waals surface area contributed by atoms with Crippen LogP contribution in [-0.4, -0.2) is 27.1 Å². The number of carbonyl (C=O) groups is 1. The van der Waals surface area contributed by atoms with Gasteiger partial charge in [-0.05, 0) is 23.3 Å². The van der Waals surface area contributed by atoms with Gasteiger partial charge >= 0.3 is 0 Å². The van der Waals surface area contributed by atoms with E-state index in [0.717, 1.165) is 0 Å². The highest BCUT2D eigenvalue weighted by molar-refractivity contribution is 7.99. The maximum Gasteiger partial charge on any atom is 0.270 e. The van der Waals surface area contributed by atoms with E-state index in [0.29, 0.717) is 33.8 Å². The Morgan fingerprint density at radius 1 is 0.815 bits per heavy atom. The third-order valence-electron chi connectivity index (χ3n) is 3.94. The van der Waals surface area contributed by atoms with Crippen LogP contribution in [0.25, 0.3) is 12.2 Å². The van der Waals surface area contributed by atoms with E-state index in [4.69, 9.17) is 0 Å². The van der Waals surface area contributed by atoms with Crippen molar-refractivity contribution < 1.29 is 14.6 Å². The molecule has 1 aliphatic rings. The Morgan fingerprint density at radius 2 is 1.26 bits per heavy atom. The van der Waals surface area contributed by atoms with E-state index >= 15 is 0 Å². The Hall–Kier alpha value is -3.26. The SMILES string of the molecule is O=C1/C(=C/c2cccc([N+](=O)[O-])c2)CSC/C1=C\c1cccc([N+](=O)[O-])c1. The zero-order valence-corrected chi connectivity index (χ0v) is 14.8. The van der Waals surface area contributed by atoms with E-state index in [1.165, 1.54) is 24.3 Å². The predicted molar refractivity (Wildman–Crippen MR) is 104 cm³/mol. The van der Waals surface area contributed by atoms with E-state index < -0.39 is 9.85 Å². The van der Waals surface area contributed by atoms with Crippen LogP contribution in [0.2, 0.25) is 0 Å². The minimum absolute atomic E-state index is 0.0346. The fourth-order valence-electron chi connectivity index (χ4n) is 2.68. The van der Waals surface area contributed by atoms with Crippen LogP contribution in [0.4, 0.5) is 11.4 Å². The monoisotopic (exact) mass is 382 g/mol. The molecule has 1 saturated heterocycles. The van der Waals surface area contributed by atoms with Crippen LogP contribution in [0, 0.1) is 20.2 Å². The fourth-order valence-corrected chi connectivity index (χ4v) is 3.65. The molecule has 7 nitrogen and oxygen atoms in total. The number of benzene rings is 2. The van der Waals surface area contributed by atoms with Gasteiger partial charge in [-0.2, -0.15) is 11.8 Å². The summed E-state index contributed by atoms with van der Waals surface area (Å²) in [5.74, 6) is 0.869. The molecular formula is C19H14N2O5S. The molecule has 8 heteroatoms. The summed E-state index contributed by atoms with van der Waals surface area (Å²) in [6, 6.07) is 12.2. The van der Waals surface area contributed by atoms with Crippen LogP contribution in [0.15, 0.2) is 59.7 Å². The molecule has 0 saturated carbocycles. The molecule has 0 amide bonds. The molecule has 2 aromatic rings. The highest BCUT2D eigenvalue weighted by Crippen LogP contribution is 2.28. The van der Waals surface area contributed by atoms with Crippen molar-refractivity contribution in [2.45, 2.75) is 0 Å². The van der Waals surface area contributed by atoms with Crippen molar-refractivity contribution in [1.82, 2.24) is 0 Å². The number of rotatable bonds is 4. The van der Waals surface area contributed by atoms with Crippen LogP contribution >= 0.6 is 11.8 Å². The Labute approximate surface area is 158 Å². The van der Waals surface area contributed by atoms with Gasteiger partial charge in [0.25, 0.3) is 11.4 Å². The van der Waals surface area contributed by atoms with Gasteiger partial charge in [0.1, 0.15) is 0 Å². The van der Waals surface area contributed by atoms with E-state index in [1.807, 2.05) is 0 Å². The zero-order valence-electron chi connectivity index (χ0n) is 14.0. The second-order valence-corrected chi connectivity index (χ2v) is 6.85. The molecule has 27 heavy (non-hydrogen) atoms. The maximum absolute atomic E-state index is 12.8. The summed E-state index contributed by atoms with van der Waals surface area (Å²) < 4.78 is 0. The van der Waals surface area contributed by atoms with Crippen LogP contribution in [-0.2, 0) is 4.79 Å². The first-order chi connectivity index (χ1) is 12.9. The third-order valence-corrected chi connectivity index (χ3v) is 4.97. The fraction of sp³-hybridized carbons (Fsp3) is 0.105. The quantitative estimate of drug-likeness (QED) is 0.444. The van der Waals surface area contributed by atoms with Gasteiger partial charge in [-0.15, -0.1) is 0 Å². The first-order valence-corrected chi connectivity index (χ1v) is 9.12. The maximum atomic E-state index is 12.8. The summed E-state index contributed by atoms with van der Waals surface area (Å²) in [4.78, 5) is 33.6. The highest BCUT2D eigenvalue weighted by Gasteiger charge is 2.21. The van der Waals surface area contributed by atoms with Crippen molar-refractivity contribution in [2.75, 3.05) is 11.5 Å². The van der Waals surface area contributed by atoms with E-state index in [9.17, 15) is 25.0 Å². The Bertz CT molecular complexity index is 920. The molecule has 1 heterocycles. The second-order valence-electron chi connectivity index (χ2n) is 5.87. The summed E-state index contributed by atoms with van der Waals surface area (Å²) >= 11 is 1.55. The number of Topliss-reactive ketones (excluding diaryl/α,β-unsaturated/α-hetero) is 1. The number of nitrogens with zero attached hydrogens (tertiary/aromatic N) is 2. The molecule has 136 valence electrons. The Morgan fingerprint density at radius 3 is 1.67 bits per heavy atom. The number of nitro benzene ring substituents is 2. The lowest BCUT2D eigenvalue weighted by molar-refractivity contribution is -0.385. The van der Waals surface area contributed by atoms with Gasteiger partial charge in [0, 0.05) is 46.9 Å². The van der Waals surface area contributed by atoms with E-state index in [2.05, 4.69) is 0 Å². The molecule has 0 radical (unpaired) electrons. The summed E-state index contributed by atoms with van der Waals surface area (Å²) in [5.41, 5.74) is 2.20. The number of thioether (sulfide) groups is 1. The average molecular weight is 382 g/mol.